The summed E-state index contributed by atoms with van der Waals surface area (Å²) in [6.45, 7) is 4.54. The Balaban J connectivity index is 1.68. The second-order valence-corrected chi connectivity index (χ2v) is 7.09. The lowest BCUT2D eigenvalue weighted by atomic mass is 10.2. The molecule has 1 saturated heterocycles. The number of hydrogen-bond acceptors (Lipinski definition) is 3. The zero-order valence-corrected chi connectivity index (χ0v) is 14.0. The number of aryl methyl sites for hydroxylation is 1. The van der Waals surface area contributed by atoms with Crippen molar-refractivity contribution in [1.82, 2.24) is 14.7 Å². The van der Waals surface area contributed by atoms with Gasteiger partial charge in [0.15, 0.2) is 0 Å². The molecule has 1 aliphatic rings. The van der Waals surface area contributed by atoms with E-state index < -0.39 is 0 Å². The molecule has 1 fully saturated rings. The smallest absolute Gasteiger partial charge is 0.264 e. The highest BCUT2D eigenvalue weighted by Gasteiger charge is 2.23. The van der Waals surface area contributed by atoms with Gasteiger partial charge >= 0.3 is 0 Å². The van der Waals surface area contributed by atoms with Crippen LogP contribution in [0, 0.1) is 6.92 Å². The van der Waals surface area contributed by atoms with Crippen LogP contribution in [-0.4, -0.2) is 33.7 Å². The monoisotopic (exact) mass is 325 g/mol. The number of amides is 1. The van der Waals surface area contributed by atoms with Crippen molar-refractivity contribution in [3.8, 4) is 0 Å². The summed E-state index contributed by atoms with van der Waals surface area (Å²) in [6.07, 6.45) is 2.24. The van der Waals surface area contributed by atoms with E-state index >= 15 is 0 Å². The minimum Gasteiger partial charge on any atom is -0.338 e. The zero-order valence-electron chi connectivity index (χ0n) is 13.2. The van der Waals surface area contributed by atoms with Crippen molar-refractivity contribution < 1.29 is 4.79 Å². The standard InChI is InChI=1S/C18H19N3OS/c1-13-15-11-16(17(22)20-9-5-6-10-20)23-18(15)21(19-13)12-14-7-3-2-4-8-14/h2-4,7-8,11H,5-6,9-10,12H2,1H3. The molecule has 1 aliphatic heterocycles. The van der Waals surface area contributed by atoms with Crippen LogP contribution in [0.1, 0.15) is 33.8 Å². The van der Waals surface area contributed by atoms with Crippen molar-refractivity contribution in [3.05, 3.63) is 52.5 Å². The van der Waals surface area contributed by atoms with E-state index in [1.807, 2.05) is 40.8 Å². The summed E-state index contributed by atoms with van der Waals surface area (Å²) >= 11 is 1.57. The van der Waals surface area contributed by atoms with Gasteiger partial charge in [-0.1, -0.05) is 30.3 Å². The molecule has 2 aromatic heterocycles. The molecule has 3 heterocycles. The van der Waals surface area contributed by atoms with E-state index in [0.29, 0.717) is 0 Å². The van der Waals surface area contributed by atoms with E-state index in [1.54, 1.807) is 11.3 Å². The third kappa shape index (κ3) is 2.65. The molecule has 0 bridgehead atoms. The SMILES string of the molecule is Cc1nn(Cc2ccccc2)c2sc(C(=O)N3CCCC3)cc12. The summed E-state index contributed by atoms with van der Waals surface area (Å²) in [7, 11) is 0. The van der Waals surface area contributed by atoms with Gasteiger partial charge in [0.2, 0.25) is 0 Å². The molecule has 0 spiro atoms. The third-order valence-corrected chi connectivity index (χ3v) is 5.52. The molecule has 0 saturated carbocycles. The first-order valence-corrected chi connectivity index (χ1v) is 8.84. The van der Waals surface area contributed by atoms with Crippen molar-refractivity contribution in [2.75, 3.05) is 13.1 Å². The topological polar surface area (TPSA) is 38.1 Å². The fraction of sp³-hybridized carbons (Fsp3) is 0.333. The number of carbonyl (C=O) groups excluding carboxylic acids is 1. The van der Waals surface area contributed by atoms with Crippen LogP contribution in [0.5, 0.6) is 0 Å². The number of rotatable bonds is 3. The molecule has 0 radical (unpaired) electrons. The molecular formula is C18H19N3OS. The Bertz CT molecular complexity index is 844. The van der Waals surface area contributed by atoms with E-state index in [2.05, 4.69) is 17.2 Å². The molecule has 5 heteroatoms. The molecule has 0 unspecified atom stereocenters. The summed E-state index contributed by atoms with van der Waals surface area (Å²) < 4.78 is 2.02. The molecule has 0 N–H and O–H groups in total. The van der Waals surface area contributed by atoms with Gasteiger partial charge in [-0.2, -0.15) is 5.10 Å². The second-order valence-electron chi connectivity index (χ2n) is 6.06. The van der Waals surface area contributed by atoms with Gasteiger partial charge in [0.05, 0.1) is 17.1 Å². The molecule has 23 heavy (non-hydrogen) atoms. The first-order chi connectivity index (χ1) is 11.2. The number of carbonyl (C=O) groups is 1. The first-order valence-electron chi connectivity index (χ1n) is 8.02. The Morgan fingerprint density at radius 1 is 1.22 bits per heavy atom. The molecule has 4 rings (SSSR count). The van der Waals surface area contributed by atoms with Gasteiger partial charge in [-0.25, -0.2) is 0 Å². The molecule has 3 aromatic rings. The summed E-state index contributed by atoms with van der Waals surface area (Å²) in [5.41, 5.74) is 2.21. The highest BCUT2D eigenvalue weighted by atomic mass is 32.1. The van der Waals surface area contributed by atoms with E-state index in [1.165, 1.54) is 5.56 Å². The molecule has 0 aliphatic carbocycles. The fourth-order valence-corrected chi connectivity index (χ4v) is 4.29. The van der Waals surface area contributed by atoms with Crippen molar-refractivity contribution >= 4 is 27.5 Å². The normalized spacial score (nSPS) is 14.7. The van der Waals surface area contributed by atoms with E-state index in [4.69, 9.17) is 0 Å². The minimum absolute atomic E-state index is 0.175. The molecule has 4 nitrogen and oxygen atoms in total. The van der Waals surface area contributed by atoms with Crippen molar-refractivity contribution in [3.63, 3.8) is 0 Å². The van der Waals surface area contributed by atoms with Gasteiger partial charge in [0, 0.05) is 18.5 Å². The molecule has 118 valence electrons. The number of likely N-dealkylation sites (tertiary alicyclic amines) is 1. The van der Waals surface area contributed by atoms with Crippen molar-refractivity contribution in [1.29, 1.82) is 0 Å². The molecule has 0 atom stereocenters. The summed E-state index contributed by atoms with van der Waals surface area (Å²) in [6, 6.07) is 12.3. The lowest BCUT2D eigenvalue weighted by Gasteiger charge is -2.13. The fourth-order valence-electron chi connectivity index (χ4n) is 3.16. The Labute approximate surface area is 139 Å². The Hall–Kier alpha value is -2.14. The number of aromatic nitrogens is 2. The van der Waals surface area contributed by atoms with Crippen LogP contribution in [0.2, 0.25) is 0 Å². The number of benzene rings is 1. The van der Waals surface area contributed by atoms with Crippen LogP contribution in [0.4, 0.5) is 0 Å². The lowest BCUT2D eigenvalue weighted by Crippen LogP contribution is -2.26. The van der Waals surface area contributed by atoms with Crippen LogP contribution in [0.15, 0.2) is 36.4 Å². The van der Waals surface area contributed by atoms with Crippen LogP contribution < -0.4 is 0 Å². The van der Waals surface area contributed by atoms with E-state index in [9.17, 15) is 4.79 Å². The summed E-state index contributed by atoms with van der Waals surface area (Å²) in [5.74, 6) is 0.175. The van der Waals surface area contributed by atoms with Crippen LogP contribution in [0.25, 0.3) is 10.2 Å². The van der Waals surface area contributed by atoms with Crippen LogP contribution >= 0.6 is 11.3 Å². The van der Waals surface area contributed by atoms with Gasteiger partial charge < -0.3 is 4.90 Å². The molecule has 1 aromatic carbocycles. The first kappa shape index (κ1) is 14.5. The number of hydrogen-bond donors (Lipinski definition) is 0. The third-order valence-electron chi connectivity index (χ3n) is 4.39. The van der Waals surface area contributed by atoms with Crippen molar-refractivity contribution in [2.24, 2.45) is 0 Å². The minimum atomic E-state index is 0.175. The maximum atomic E-state index is 12.6. The van der Waals surface area contributed by atoms with Gasteiger partial charge in [0.1, 0.15) is 4.83 Å². The average Bonchev–Trinajstić information content (AvgIpc) is 3.28. The van der Waals surface area contributed by atoms with Crippen molar-refractivity contribution in [2.45, 2.75) is 26.3 Å². The Kier molecular flexibility index (Phi) is 3.65. The quantitative estimate of drug-likeness (QED) is 0.736. The van der Waals surface area contributed by atoms with E-state index in [-0.39, 0.29) is 5.91 Å². The highest BCUT2D eigenvalue weighted by Crippen LogP contribution is 2.30. The highest BCUT2D eigenvalue weighted by molar-refractivity contribution is 7.20. The maximum Gasteiger partial charge on any atom is 0.264 e. The zero-order chi connectivity index (χ0) is 15.8. The average molecular weight is 325 g/mol. The number of thiophene rings is 1. The Morgan fingerprint density at radius 2 is 1.96 bits per heavy atom. The van der Waals surface area contributed by atoms with Gasteiger partial charge in [-0.3, -0.25) is 9.48 Å². The summed E-state index contributed by atoms with van der Waals surface area (Å²) in [4.78, 5) is 16.5. The number of nitrogens with zero attached hydrogens (tertiary/aromatic N) is 3. The number of fused-ring (bicyclic) bond motifs is 1. The molecular weight excluding hydrogens is 306 g/mol. The maximum absolute atomic E-state index is 12.6. The predicted octanol–water partition coefficient (Wildman–Crippen LogP) is 3.69. The van der Waals surface area contributed by atoms with Gasteiger partial charge in [0.25, 0.3) is 5.91 Å². The van der Waals surface area contributed by atoms with Gasteiger partial charge in [-0.15, -0.1) is 11.3 Å². The molecule has 1 amide bonds. The van der Waals surface area contributed by atoms with Gasteiger partial charge in [-0.05, 0) is 31.4 Å². The predicted molar refractivity (Wildman–Crippen MR) is 93.0 cm³/mol. The second kappa shape index (κ2) is 5.81. The lowest BCUT2D eigenvalue weighted by molar-refractivity contribution is 0.0797. The summed E-state index contributed by atoms with van der Waals surface area (Å²) in [5, 5.41) is 5.75. The Morgan fingerprint density at radius 3 is 2.70 bits per heavy atom. The van der Waals surface area contributed by atoms with Crippen LogP contribution in [-0.2, 0) is 6.54 Å². The van der Waals surface area contributed by atoms with Crippen LogP contribution in [0.3, 0.4) is 0 Å². The van der Waals surface area contributed by atoms with E-state index in [0.717, 1.165) is 53.3 Å². The largest absolute Gasteiger partial charge is 0.338 e.